The molecule has 0 bridgehead atoms. The first-order valence-corrected chi connectivity index (χ1v) is 9.74. The van der Waals surface area contributed by atoms with Gasteiger partial charge in [0.2, 0.25) is 0 Å². The molecule has 3 heteroatoms. The molecular weight excluding hydrogens is 372 g/mol. The van der Waals surface area contributed by atoms with Crippen molar-refractivity contribution in [1.82, 2.24) is 0 Å². The van der Waals surface area contributed by atoms with Gasteiger partial charge >= 0.3 is 5.97 Å². The van der Waals surface area contributed by atoms with Gasteiger partial charge in [0.05, 0.1) is 5.56 Å². The molecule has 0 fully saturated rings. The Morgan fingerprint density at radius 3 is 1.67 bits per heavy atom. The highest BCUT2D eigenvalue weighted by atomic mass is 16.5. The van der Waals surface area contributed by atoms with Gasteiger partial charge in [-0.3, -0.25) is 4.79 Å². The maximum atomic E-state index is 12.5. The molecule has 0 radical (unpaired) electrons. The molecule has 4 aromatic rings. The molecule has 3 nitrogen and oxygen atoms in total. The van der Waals surface area contributed by atoms with Gasteiger partial charge in [-0.1, -0.05) is 84.9 Å². The third kappa shape index (κ3) is 4.70. The van der Waals surface area contributed by atoms with Crippen LogP contribution in [-0.4, -0.2) is 11.8 Å². The van der Waals surface area contributed by atoms with Crippen molar-refractivity contribution >= 4 is 11.8 Å². The van der Waals surface area contributed by atoms with Crippen LogP contribution in [0.2, 0.25) is 0 Å². The van der Waals surface area contributed by atoms with Gasteiger partial charge in [0.25, 0.3) is 0 Å². The monoisotopic (exact) mass is 392 g/mol. The van der Waals surface area contributed by atoms with Crippen LogP contribution in [0.25, 0.3) is 0 Å². The number of carbonyl (C=O) groups excluding carboxylic acids is 2. The van der Waals surface area contributed by atoms with Crippen LogP contribution in [0.1, 0.15) is 37.4 Å². The van der Waals surface area contributed by atoms with Crippen molar-refractivity contribution in [2.45, 2.75) is 6.42 Å². The Morgan fingerprint density at radius 2 is 1.03 bits per heavy atom. The third-order valence-electron chi connectivity index (χ3n) is 4.80. The SMILES string of the molecule is O=C(Oc1ccc(Cc2ccccc2)cc1)c1ccc(C(=O)c2ccccc2)cc1. The number of hydrogen-bond donors (Lipinski definition) is 0. The number of rotatable bonds is 6. The zero-order valence-corrected chi connectivity index (χ0v) is 16.3. The molecule has 0 heterocycles. The summed E-state index contributed by atoms with van der Waals surface area (Å²) >= 11 is 0. The van der Waals surface area contributed by atoms with E-state index < -0.39 is 5.97 Å². The molecule has 0 aliphatic rings. The molecule has 0 amide bonds. The smallest absolute Gasteiger partial charge is 0.343 e. The normalized spacial score (nSPS) is 10.4. The highest BCUT2D eigenvalue weighted by Gasteiger charge is 2.12. The second-order valence-electron chi connectivity index (χ2n) is 6.97. The minimum Gasteiger partial charge on any atom is -0.423 e. The van der Waals surface area contributed by atoms with E-state index in [1.165, 1.54) is 5.56 Å². The van der Waals surface area contributed by atoms with Crippen LogP contribution in [0.5, 0.6) is 5.75 Å². The molecule has 4 aromatic carbocycles. The fourth-order valence-electron chi connectivity index (χ4n) is 3.19. The van der Waals surface area contributed by atoms with Gasteiger partial charge in [-0.05, 0) is 41.8 Å². The van der Waals surface area contributed by atoms with Crippen molar-refractivity contribution in [2.24, 2.45) is 0 Å². The predicted octanol–water partition coefficient (Wildman–Crippen LogP) is 5.73. The van der Waals surface area contributed by atoms with Crippen LogP contribution < -0.4 is 4.74 Å². The standard InChI is InChI=1S/C27H20O3/c28-26(22-9-5-2-6-10-22)23-13-15-24(16-14-23)27(29)30-25-17-11-21(12-18-25)19-20-7-3-1-4-8-20/h1-18H,19H2. The first-order valence-electron chi connectivity index (χ1n) is 9.74. The summed E-state index contributed by atoms with van der Waals surface area (Å²) in [7, 11) is 0. The van der Waals surface area contributed by atoms with E-state index in [4.69, 9.17) is 4.74 Å². The Kier molecular flexibility index (Phi) is 5.81. The van der Waals surface area contributed by atoms with Crippen molar-refractivity contribution < 1.29 is 14.3 Å². The molecule has 0 saturated heterocycles. The molecule has 0 aromatic heterocycles. The summed E-state index contributed by atoms with van der Waals surface area (Å²) in [6, 6.07) is 33.3. The summed E-state index contributed by atoms with van der Waals surface area (Å²) < 4.78 is 5.47. The van der Waals surface area contributed by atoms with E-state index in [0.29, 0.717) is 22.4 Å². The Bertz CT molecular complexity index is 1130. The van der Waals surface area contributed by atoms with E-state index in [0.717, 1.165) is 12.0 Å². The topological polar surface area (TPSA) is 43.4 Å². The molecule has 0 spiro atoms. The number of hydrogen-bond acceptors (Lipinski definition) is 3. The number of carbonyl (C=O) groups is 2. The maximum Gasteiger partial charge on any atom is 0.343 e. The van der Waals surface area contributed by atoms with E-state index in [9.17, 15) is 9.59 Å². The van der Waals surface area contributed by atoms with Gasteiger partial charge in [0.15, 0.2) is 5.78 Å². The second kappa shape index (κ2) is 9.01. The minimum absolute atomic E-state index is 0.0791. The number of ketones is 1. The average Bonchev–Trinajstić information content (AvgIpc) is 2.81. The van der Waals surface area contributed by atoms with Gasteiger partial charge in [-0.15, -0.1) is 0 Å². The molecule has 0 aliphatic heterocycles. The average molecular weight is 392 g/mol. The fourth-order valence-corrected chi connectivity index (χ4v) is 3.19. The third-order valence-corrected chi connectivity index (χ3v) is 4.80. The molecule has 0 atom stereocenters. The quantitative estimate of drug-likeness (QED) is 0.239. The van der Waals surface area contributed by atoms with Crippen molar-refractivity contribution in [1.29, 1.82) is 0 Å². The van der Waals surface area contributed by atoms with Gasteiger partial charge in [0.1, 0.15) is 5.75 Å². The Labute approximate surface area is 175 Å². The summed E-state index contributed by atoms with van der Waals surface area (Å²) in [5.74, 6) is -0.0460. The lowest BCUT2D eigenvalue weighted by atomic mass is 10.0. The Hall–Kier alpha value is -3.98. The molecule has 0 aliphatic carbocycles. The molecule has 0 unspecified atom stereocenters. The van der Waals surface area contributed by atoms with Crippen LogP contribution in [0.3, 0.4) is 0 Å². The Balaban J connectivity index is 1.39. The fraction of sp³-hybridized carbons (Fsp3) is 0.0370. The zero-order chi connectivity index (χ0) is 20.8. The molecule has 0 N–H and O–H groups in total. The van der Waals surface area contributed by atoms with E-state index in [1.54, 1.807) is 48.5 Å². The van der Waals surface area contributed by atoms with Crippen molar-refractivity contribution in [3.05, 3.63) is 137 Å². The number of benzene rings is 4. The van der Waals surface area contributed by atoms with Crippen LogP contribution in [0.15, 0.2) is 109 Å². The van der Waals surface area contributed by atoms with Gasteiger partial charge in [-0.2, -0.15) is 0 Å². The van der Waals surface area contributed by atoms with Crippen molar-refractivity contribution in [3.8, 4) is 5.75 Å². The first-order chi connectivity index (χ1) is 14.7. The highest BCUT2D eigenvalue weighted by molar-refractivity contribution is 6.09. The number of ether oxygens (including phenoxy) is 1. The molecule has 0 saturated carbocycles. The summed E-state index contributed by atoms with van der Waals surface area (Å²) in [5, 5.41) is 0. The molecule has 4 rings (SSSR count). The van der Waals surface area contributed by atoms with Crippen LogP contribution >= 0.6 is 0 Å². The van der Waals surface area contributed by atoms with E-state index in [-0.39, 0.29) is 5.78 Å². The summed E-state index contributed by atoms with van der Waals surface area (Å²) in [4.78, 5) is 24.9. The van der Waals surface area contributed by atoms with Crippen molar-refractivity contribution in [3.63, 3.8) is 0 Å². The van der Waals surface area contributed by atoms with Crippen LogP contribution in [0.4, 0.5) is 0 Å². The number of esters is 1. The summed E-state index contributed by atoms with van der Waals surface area (Å²) in [6.07, 6.45) is 0.825. The highest BCUT2D eigenvalue weighted by Crippen LogP contribution is 2.18. The Morgan fingerprint density at radius 1 is 0.533 bits per heavy atom. The van der Waals surface area contributed by atoms with Crippen LogP contribution in [-0.2, 0) is 6.42 Å². The second-order valence-corrected chi connectivity index (χ2v) is 6.97. The lowest BCUT2D eigenvalue weighted by molar-refractivity contribution is 0.0734. The van der Waals surface area contributed by atoms with E-state index in [2.05, 4.69) is 12.1 Å². The largest absolute Gasteiger partial charge is 0.423 e. The molecule has 30 heavy (non-hydrogen) atoms. The van der Waals surface area contributed by atoms with Crippen LogP contribution in [0, 0.1) is 0 Å². The zero-order valence-electron chi connectivity index (χ0n) is 16.3. The maximum absolute atomic E-state index is 12.5. The molecule has 146 valence electrons. The van der Waals surface area contributed by atoms with E-state index in [1.807, 2.05) is 48.5 Å². The van der Waals surface area contributed by atoms with Gasteiger partial charge < -0.3 is 4.74 Å². The lowest BCUT2D eigenvalue weighted by Crippen LogP contribution is -2.09. The van der Waals surface area contributed by atoms with E-state index >= 15 is 0 Å². The minimum atomic E-state index is -0.454. The van der Waals surface area contributed by atoms with Crippen molar-refractivity contribution in [2.75, 3.05) is 0 Å². The first kappa shape index (κ1) is 19.3. The summed E-state index contributed by atoms with van der Waals surface area (Å²) in [6.45, 7) is 0. The predicted molar refractivity (Wildman–Crippen MR) is 117 cm³/mol. The summed E-state index contributed by atoms with van der Waals surface area (Å²) in [5.41, 5.74) is 3.91. The molecular formula is C27H20O3. The van der Waals surface area contributed by atoms with Gasteiger partial charge in [-0.25, -0.2) is 4.79 Å². The lowest BCUT2D eigenvalue weighted by Gasteiger charge is -2.07. The van der Waals surface area contributed by atoms with Gasteiger partial charge in [0, 0.05) is 11.1 Å².